The summed E-state index contributed by atoms with van der Waals surface area (Å²) in [5.74, 6) is -1.05. The van der Waals surface area contributed by atoms with Crippen LogP contribution in [0.5, 0.6) is 0 Å². The van der Waals surface area contributed by atoms with Crippen molar-refractivity contribution in [3.05, 3.63) is 126 Å². The molecule has 0 heterocycles. The third kappa shape index (κ3) is 5.55. The minimum atomic E-state index is -1.01. The van der Waals surface area contributed by atoms with E-state index in [0.717, 1.165) is 22.4 Å². The van der Waals surface area contributed by atoms with Gasteiger partial charge in [0.15, 0.2) is 0 Å². The van der Waals surface area contributed by atoms with E-state index in [1.165, 1.54) is 0 Å². The number of amides is 1. The monoisotopic (exact) mass is 435 g/mol. The zero-order valence-corrected chi connectivity index (χ0v) is 18.2. The normalized spacial score (nSPS) is 10.5. The highest BCUT2D eigenvalue weighted by Crippen LogP contribution is 2.26. The number of carboxylic acids is 1. The SMILES string of the molecule is O=C(O)c1ccc(-c2ccccc2)cc1CN(C(=O)CCc1ccccc1)c1ccccc1. The van der Waals surface area contributed by atoms with Crippen LogP contribution in [0.3, 0.4) is 0 Å². The molecule has 0 fully saturated rings. The number of nitrogens with zero attached hydrogens (tertiary/aromatic N) is 1. The van der Waals surface area contributed by atoms with E-state index in [1.54, 1.807) is 11.0 Å². The van der Waals surface area contributed by atoms with Crippen molar-refractivity contribution in [3.8, 4) is 11.1 Å². The number of carboxylic acid groups (broad SMARTS) is 1. The van der Waals surface area contributed by atoms with E-state index in [9.17, 15) is 14.7 Å². The molecule has 0 aliphatic carbocycles. The highest BCUT2D eigenvalue weighted by atomic mass is 16.4. The van der Waals surface area contributed by atoms with Crippen molar-refractivity contribution < 1.29 is 14.7 Å². The summed E-state index contributed by atoms with van der Waals surface area (Å²) < 4.78 is 0. The molecule has 1 amide bonds. The molecule has 0 atom stereocenters. The quantitative estimate of drug-likeness (QED) is 0.358. The Morgan fingerprint density at radius 2 is 1.30 bits per heavy atom. The molecular formula is C29H25NO3. The van der Waals surface area contributed by atoms with Crippen LogP contribution in [-0.4, -0.2) is 17.0 Å². The van der Waals surface area contributed by atoms with Crippen molar-refractivity contribution in [1.29, 1.82) is 0 Å². The number of anilines is 1. The van der Waals surface area contributed by atoms with Gasteiger partial charge in [-0.15, -0.1) is 0 Å². The number of para-hydroxylation sites is 1. The molecule has 0 aliphatic rings. The van der Waals surface area contributed by atoms with Gasteiger partial charge in [-0.25, -0.2) is 4.79 Å². The van der Waals surface area contributed by atoms with Gasteiger partial charge in [-0.05, 0) is 52.9 Å². The summed E-state index contributed by atoms with van der Waals surface area (Å²) in [6, 6.07) is 34.4. The standard InChI is InChI=1S/C29H25NO3/c31-28(19-16-22-10-4-1-5-11-22)30(26-14-8-3-9-15-26)21-25-20-24(17-18-27(25)29(32)33)23-12-6-2-7-13-23/h1-15,17-18,20H,16,19,21H2,(H,32,33). The molecule has 0 radical (unpaired) electrons. The molecule has 0 unspecified atom stereocenters. The fourth-order valence-electron chi connectivity index (χ4n) is 3.88. The number of hydrogen-bond acceptors (Lipinski definition) is 2. The van der Waals surface area contributed by atoms with E-state index in [4.69, 9.17) is 0 Å². The molecule has 1 N–H and O–H groups in total. The molecule has 0 spiro atoms. The van der Waals surface area contributed by atoms with Gasteiger partial charge in [-0.1, -0.05) is 84.9 Å². The lowest BCUT2D eigenvalue weighted by molar-refractivity contribution is -0.118. The van der Waals surface area contributed by atoms with Crippen LogP contribution in [-0.2, 0) is 17.8 Å². The fraction of sp³-hybridized carbons (Fsp3) is 0.103. The van der Waals surface area contributed by atoms with E-state index in [-0.39, 0.29) is 18.0 Å². The Hall–Kier alpha value is -4.18. The molecule has 0 aromatic heterocycles. The maximum atomic E-state index is 13.3. The van der Waals surface area contributed by atoms with Gasteiger partial charge < -0.3 is 10.0 Å². The van der Waals surface area contributed by atoms with Crippen LogP contribution in [0.2, 0.25) is 0 Å². The smallest absolute Gasteiger partial charge is 0.336 e. The lowest BCUT2D eigenvalue weighted by Gasteiger charge is -2.24. The predicted molar refractivity (Wildman–Crippen MR) is 131 cm³/mol. The van der Waals surface area contributed by atoms with E-state index in [2.05, 4.69) is 0 Å². The predicted octanol–water partition coefficient (Wildman–Crippen LogP) is 6.22. The Morgan fingerprint density at radius 1 is 0.697 bits per heavy atom. The second-order valence-electron chi connectivity index (χ2n) is 7.84. The maximum absolute atomic E-state index is 13.3. The van der Waals surface area contributed by atoms with Crippen molar-refractivity contribution in [3.63, 3.8) is 0 Å². The second kappa shape index (κ2) is 10.4. The van der Waals surface area contributed by atoms with E-state index < -0.39 is 5.97 Å². The van der Waals surface area contributed by atoms with Crippen LogP contribution >= 0.6 is 0 Å². The van der Waals surface area contributed by atoms with Gasteiger partial charge >= 0.3 is 5.97 Å². The fourth-order valence-corrected chi connectivity index (χ4v) is 3.88. The first-order valence-corrected chi connectivity index (χ1v) is 10.9. The molecule has 33 heavy (non-hydrogen) atoms. The first-order valence-electron chi connectivity index (χ1n) is 10.9. The van der Waals surface area contributed by atoms with Crippen LogP contribution < -0.4 is 4.90 Å². The number of carbonyl (C=O) groups is 2. The summed E-state index contributed by atoms with van der Waals surface area (Å²) in [5.41, 5.74) is 4.55. The number of carbonyl (C=O) groups excluding carboxylic acids is 1. The molecular weight excluding hydrogens is 410 g/mol. The molecule has 4 nitrogen and oxygen atoms in total. The van der Waals surface area contributed by atoms with Crippen molar-refractivity contribution >= 4 is 17.6 Å². The lowest BCUT2D eigenvalue weighted by Crippen LogP contribution is -2.31. The van der Waals surface area contributed by atoms with E-state index >= 15 is 0 Å². The summed E-state index contributed by atoms with van der Waals surface area (Å²) in [6.07, 6.45) is 0.957. The topological polar surface area (TPSA) is 57.6 Å². The van der Waals surface area contributed by atoms with Crippen LogP contribution in [0.25, 0.3) is 11.1 Å². The zero-order chi connectivity index (χ0) is 23.0. The average Bonchev–Trinajstić information content (AvgIpc) is 2.87. The van der Waals surface area contributed by atoms with Gasteiger partial charge in [0, 0.05) is 12.1 Å². The van der Waals surface area contributed by atoms with Gasteiger partial charge in [0.2, 0.25) is 5.91 Å². The Bertz CT molecular complexity index is 1220. The molecule has 4 rings (SSSR count). The molecule has 4 aromatic rings. The molecule has 0 saturated heterocycles. The summed E-state index contributed by atoms with van der Waals surface area (Å²) >= 11 is 0. The van der Waals surface area contributed by atoms with Crippen LogP contribution in [0.15, 0.2) is 109 Å². The second-order valence-corrected chi connectivity index (χ2v) is 7.84. The first kappa shape index (κ1) is 22.0. The van der Waals surface area contributed by atoms with Crippen LogP contribution in [0, 0.1) is 0 Å². The largest absolute Gasteiger partial charge is 0.478 e. The van der Waals surface area contributed by atoms with Crippen LogP contribution in [0.1, 0.15) is 27.9 Å². The summed E-state index contributed by atoms with van der Waals surface area (Å²) in [4.78, 5) is 27.0. The Morgan fingerprint density at radius 3 is 1.94 bits per heavy atom. The van der Waals surface area contributed by atoms with Gasteiger partial charge in [-0.2, -0.15) is 0 Å². The Labute approximate surface area is 193 Å². The van der Waals surface area contributed by atoms with Gasteiger partial charge in [0.1, 0.15) is 0 Å². The Balaban J connectivity index is 1.66. The molecule has 0 saturated carbocycles. The van der Waals surface area contributed by atoms with Crippen LogP contribution in [0.4, 0.5) is 5.69 Å². The molecule has 164 valence electrons. The van der Waals surface area contributed by atoms with Crippen molar-refractivity contribution in [2.75, 3.05) is 4.90 Å². The highest BCUT2D eigenvalue weighted by Gasteiger charge is 2.20. The molecule has 0 aliphatic heterocycles. The minimum absolute atomic E-state index is 0.0495. The first-order chi connectivity index (χ1) is 16.1. The number of benzene rings is 4. The van der Waals surface area contributed by atoms with Crippen molar-refractivity contribution in [1.82, 2.24) is 0 Å². The van der Waals surface area contributed by atoms with Crippen molar-refractivity contribution in [2.24, 2.45) is 0 Å². The van der Waals surface area contributed by atoms with Gasteiger partial charge in [0.25, 0.3) is 0 Å². The number of hydrogen-bond donors (Lipinski definition) is 1. The van der Waals surface area contributed by atoms with E-state index in [0.29, 0.717) is 18.4 Å². The average molecular weight is 436 g/mol. The molecule has 0 bridgehead atoms. The minimum Gasteiger partial charge on any atom is -0.478 e. The third-order valence-electron chi connectivity index (χ3n) is 5.61. The van der Waals surface area contributed by atoms with Gasteiger partial charge in [0.05, 0.1) is 12.1 Å². The van der Waals surface area contributed by atoms with E-state index in [1.807, 2.05) is 103 Å². The summed E-state index contributed by atoms with van der Waals surface area (Å²) in [7, 11) is 0. The summed E-state index contributed by atoms with van der Waals surface area (Å²) in [5, 5.41) is 9.80. The lowest BCUT2D eigenvalue weighted by atomic mass is 9.98. The highest BCUT2D eigenvalue weighted by molar-refractivity contribution is 5.95. The zero-order valence-electron chi connectivity index (χ0n) is 18.2. The number of aromatic carboxylic acids is 1. The molecule has 4 heteroatoms. The number of rotatable bonds is 8. The molecule has 4 aromatic carbocycles. The summed E-state index contributed by atoms with van der Waals surface area (Å²) in [6.45, 7) is 0.180. The van der Waals surface area contributed by atoms with Gasteiger partial charge in [-0.3, -0.25) is 4.79 Å². The Kier molecular flexibility index (Phi) is 6.96. The number of aryl methyl sites for hydroxylation is 1. The third-order valence-corrected chi connectivity index (χ3v) is 5.61. The van der Waals surface area contributed by atoms with Crippen molar-refractivity contribution in [2.45, 2.75) is 19.4 Å². The maximum Gasteiger partial charge on any atom is 0.336 e.